The molecule has 1 aromatic rings. The van der Waals surface area contributed by atoms with Crippen molar-refractivity contribution in [2.75, 3.05) is 17.7 Å². The number of nitrogens with one attached hydrogen (secondary N) is 2. The molecule has 1 aliphatic carbocycles. The fourth-order valence-electron chi connectivity index (χ4n) is 2.81. The smallest absolute Gasteiger partial charge is 0.135 e. The maximum atomic E-state index is 4.66. The molecule has 0 bridgehead atoms. The molecule has 1 heterocycles. The first kappa shape index (κ1) is 15.1. The first-order valence-corrected chi connectivity index (χ1v) is 7.82. The van der Waals surface area contributed by atoms with Crippen LogP contribution >= 0.6 is 0 Å². The summed E-state index contributed by atoms with van der Waals surface area (Å²) in [5.41, 5.74) is 0. The number of nitrogens with zero attached hydrogens (tertiary/aromatic N) is 2. The highest BCUT2D eigenvalue weighted by molar-refractivity contribution is 5.48. The van der Waals surface area contributed by atoms with Crippen LogP contribution in [-0.4, -0.2) is 23.1 Å². The SMILES string of the molecule is CNc1cc(NC2CCC(C)C(C)C2)nc(C(C)C)n1. The third-order valence-corrected chi connectivity index (χ3v) is 4.47. The van der Waals surface area contributed by atoms with Crippen LogP contribution in [0, 0.1) is 11.8 Å². The molecule has 4 heteroatoms. The van der Waals surface area contributed by atoms with Gasteiger partial charge in [-0.05, 0) is 31.1 Å². The lowest BCUT2D eigenvalue weighted by molar-refractivity contribution is 0.260. The van der Waals surface area contributed by atoms with Crippen LogP contribution in [0.5, 0.6) is 0 Å². The Balaban J connectivity index is 2.10. The average Bonchev–Trinajstić information content (AvgIpc) is 2.42. The molecule has 0 aliphatic heterocycles. The van der Waals surface area contributed by atoms with Crippen LogP contribution in [0.15, 0.2) is 6.07 Å². The van der Waals surface area contributed by atoms with Crippen molar-refractivity contribution in [3.63, 3.8) is 0 Å². The summed E-state index contributed by atoms with van der Waals surface area (Å²) in [6, 6.07) is 2.55. The van der Waals surface area contributed by atoms with E-state index >= 15 is 0 Å². The molecule has 112 valence electrons. The average molecular weight is 276 g/mol. The van der Waals surface area contributed by atoms with E-state index in [1.54, 1.807) is 0 Å². The van der Waals surface area contributed by atoms with Gasteiger partial charge in [0.2, 0.25) is 0 Å². The second-order valence-corrected chi connectivity index (χ2v) is 6.51. The zero-order valence-electron chi connectivity index (χ0n) is 13.4. The van der Waals surface area contributed by atoms with Crippen LogP contribution in [0.2, 0.25) is 0 Å². The summed E-state index contributed by atoms with van der Waals surface area (Å²) in [5, 5.41) is 6.74. The van der Waals surface area contributed by atoms with Crippen LogP contribution in [-0.2, 0) is 0 Å². The Morgan fingerprint density at radius 2 is 1.80 bits per heavy atom. The van der Waals surface area contributed by atoms with Gasteiger partial charge in [-0.25, -0.2) is 9.97 Å². The van der Waals surface area contributed by atoms with Crippen molar-refractivity contribution < 1.29 is 0 Å². The predicted octanol–water partition coefficient (Wildman–Crippen LogP) is 3.88. The Bertz CT molecular complexity index is 444. The maximum absolute atomic E-state index is 4.66. The lowest BCUT2D eigenvalue weighted by Crippen LogP contribution is -2.30. The van der Waals surface area contributed by atoms with Crippen molar-refractivity contribution in [1.29, 1.82) is 0 Å². The molecule has 4 nitrogen and oxygen atoms in total. The Morgan fingerprint density at radius 3 is 2.40 bits per heavy atom. The van der Waals surface area contributed by atoms with Crippen molar-refractivity contribution in [1.82, 2.24) is 9.97 Å². The van der Waals surface area contributed by atoms with E-state index in [1.807, 2.05) is 13.1 Å². The Kier molecular flexibility index (Phi) is 4.84. The first-order valence-electron chi connectivity index (χ1n) is 7.82. The third kappa shape index (κ3) is 3.62. The van der Waals surface area contributed by atoms with Crippen molar-refractivity contribution in [2.45, 2.75) is 58.9 Å². The van der Waals surface area contributed by atoms with E-state index < -0.39 is 0 Å². The topological polar surface area (TPSA) is 49.8 Å². The highest BCUT2D eigenvalue weighted by Crippen LogP contribution is 2.31. The molecule has 1 saturated carbocycles. The van der Waals surface area contributed by atoms with E-state index in [4.69, 9.17) is 0 Å². The largest absolute Gasteiger partial charge is 0.373 e. The summed E-state index contributed by atoms with van der Waals surface area (Å²) < 4.78 is 0. The van der Waals surface area contributed by atoms with Gasteiger partial charge in [0.1, 0.15) is 17.5 Å². The van der Waals surface area contributed by atoms with E-state index in [0.717, 1.165) is 29.3 Å². The molecule has 2 rings (SSSR count). The molecule has 2 N–H and O–H groups in total. The zero-order valence-corrected chi connectivity index (χ0v) is 13.4. The monoisotopic (exact) mass is 276 g/mol. The number of rotatable bonds is 4. The summed E-state index contributed by atoms with van der Waals surface area (Å²) in [6.07, 6.45) is 3.78. The van der Waals surface area contributed by atoms with Crippen molar-refractivity contribution >= 4 is 11.6 Å². The molecule has 3 atom stereocenters. The Labute approximate surface area is 122 Å². The zero-order chi connectivity index (χ0) is 14.7. The van der Waals surface area contributed by atoms with Gasteiger partial charge in [-0.2, -0.15) is 0 Å². The predicted molar refractivity (Wildman–Crippen MR) is 85.3 cm³/mol. The van der Waals surface area contributed by atoms with Crippen molar-refractivity contribution in [3.05, 3.63) is 11.9 Å². The van der Waals surface area contributed by atoms with Crippen LogP contribution in [0.4, 0.5) is 11.6 Å². The van der Waals surface area contributed by atoms with Gasteiger partial charge in [0, 0.05) is 25.1 Å². The van der Waals surface area contributed by atoms with Crippen LogP contribution in [0.1, 0.15) is 58.7 Å². The summed E-state index contributed by atoms with van der Waals surface area (Å²) in [5.74, 6) is 4.72. The summed E-state index contributed by atoms with van der Waals surface area (Å²) in [7, 11) is 1.90. The molecule has 0 amide bonds. The molecule has 0 aromatic carbocycles. The molecular weight excluding hydrogens is 248 g/mol. The van der Waals surface area contributed by atoms with Gasteiger partial charge in [0.25, 0.3) is 0 Å². The fourth-order valence-corrected chi connectivity index (χ4v) is 2.81. The molecule has 1 fully saturated rings. The minimum atomic E-state index is 0.342. The van der Waals surface area contributed by atoms with Gasteiger partial charge >= 0.3 is 0 Å². The van der Waals surface area contributed by atoms with E-state index in [0.29, 0.717) is 12.0 Å². The second-order valence-electron chi connectivity index (χ2n) is 6.51. The van der Waals surface area contributed by atoms with Crippen LogP contribution < -0.4 is 10.6 Å². The quantitative estimate of drug-likeness (QED) is 0.876. The lowest BCUT2D eigenvalue weighted by Gasteiger charge is -2.32. The minimum Gasteiger partial charge on any atom is -0.373 e. The number of hydrogen-bond donors (Lipinski definition) is 2. The van der Waals surface area contributed by atoms with Gasteiger partial charge in [-0.3, -0.25) is 0 Å². The van der Waals surface area contributed by atoms with Crippen molar-refractivity contribution in [2.24, 2.45) is 11.8 Å². The highest BCUT2D eigenvalue weighted by Gasteiger charge is 2.24. The first-order chi connectivity index (χ1) is 9.49. The normalized spacial score (nSPS) is 26.6. The molecule has 1 aliphatic rings. The number of anilines is 2. The molecule has 3 unspecified atom stereocenters. The van der Waals surface area contributed by atoms with Crippen LogP contribution in [0.25, 0.3) is 0 Å². The van der Waals surface area contributed by atoms with Gasteiger partial charge in [-0.1, -0.05) is 27.7 Å². The van der Waals surface area contributed by atoms with E-state index in [2.05, 4.69) is 48.3 Å². The standard InChI is InChI=1S/C16H28N4/c1-10(2)16-19-14(17-5)9-15(20-16)18-13-7-6-11(3)12(4)8-13/h9-13H,6-8H2,1-5H3,(H2,17,18,19,20). The summed E-state index contributed by atoms with van der Waals surface area (Å²) in [4.78, 5) is 9.17. The van der Waals surface area contributed by atoms with Gasteiger partial charge in [0.15, 0.2) is 0 Å². The maximum Gasteiger partial charge on any atom is 0.135 e. The third-order valence-electron chi connectivity index (χ3n) is 4.47. The summed E-state index contributed by atoms with van der Waals surface area (Å²) >= 11 is 0. The summed E-state index contributed by atoms with van der Waals surface area (Å²) in [6.45, 7) is 8.98. The Morgan fingerprint density at radius 1 is 1.10 bits per heavy atom. The van der Waals surface area contributed by atoms with E-state index in [-0.39, 0.29) is 0 Å². The van der Waals surface area contributed by atoms with Gasteiger partial charge < -0.3 is 10.6 Å². The minimum absolute atomic E-state index is 0.342. The second kappa shape index (κ2) is 6.42. The molecule has 20 heavy (non-hydrogen) atoms. The van der Waals surface area contributed by atoms with Crippen molar-refractivity contribution in [3.8, 4) is 0 Å². The molecule has 1 aromatic heterocycles. The Hall–Kier alpha value is -1.32. The van der Waals surface area contributed by atoms with Gasteiger partial charge in [0.05, 0.1) is 0 Å². The lowest BCUT2D eigenvalue weighted by atomic mass is 9.79. The molecule has 0 spiro atoms. The van der Waals surface area contributed by atoms with Gasteiger partial charge in [-0.15, -0.1) is 0 Å². The molecule has 0 radical (unpaired) electrons. The number of hydrogen-bond acceptors (Lipinski definition) is 4. The number of aromatic nitrogens is 2. The molecule has 0 saturated heterocycles. The van der Waals surface area contributed by atoms with E-state index in [9.17, 15) is 0 Å². The molecular formula is C16H28N4. The van der Waals surface area contributed by atoms with Crippen LogP contribution in [0.3, 0.4) is 0 Å². The fraction of sp³-hybridized carbons (Fsp3) is 0.750. The highest BCUT2D eigenvalue weighted by atomic mass is 15.1. The van der Waals surface area contributed by atoms with E-state index in [1.165, 1.54) is 19.3 Å².